The second-order valence-corrected chi connectivity index (χ2v) is 10.3. The average molecular weight is 559 g/mol. The summed E-state index contributed by atoms with van der Waals surface area (Å²) in [4.78, 5) is 8.92. The fraction of sp³-hybridized carbons (Fsp3) is 0.520. The minimum atomic E-state index is -4.97. The van der Waals surface area contributed by atoms with Gasteiger partial charge in [-0.05, 0) is 78.6 Å². The number of nitrogens with zero attached hydrogens (tertiary/aromatic N) is 6. The van der Waals surface area contributed by atoms with E-state index in [0.29, 0.717) is 48.4 Å². The van der Waals surface area contributed by atoms with Crippen molar-refractivity contribution in [2.75, 3.05) is 22.9 Å². The van der Waals surface area contributed by atoms with Crippen LogP contribution in [-0.4, -0.2) is 33.5 Å². The Morgan fingerprint density at radius 3 is 1.95 bits per heavy atom. The van der Waals surface area contributed by atoms with Gasteiger partial charge in [-0.25, -0.2) is 4.98 Å². The fourth-order valence-electron chi connectivity index (χ4n) is 4.49. The van der Waals surface area contributed by atoms with Crippen molar-refractivity contribution in [3.8, 4) is 0 Å². The molecule has 2 aliphatic rings. The number of H-pyrrole nitrogens is 1. The Balaban J connectivity index is 1.51. The lowest BCUT2D eigenvalue weighted by atomic mass is 10.0. The molecule has 0 bridgehead atoms. The molecule has 1 N–H and O–H groups in total. The number of pyridine rings is 1. The lowest BCUT2D eigenvalue weighted by Crippen LogP contribution is -2.34. The van der Waals surface area contributed by atoms with Crippen molar-refractivity contribution < 1.29 is 35.5 Å². The van der Waals surface area contributed by atoms with E-state index in [1.54, 1.807) is 7.05 Å². The summed E-state index contributed by atoms with van der Waals surface area (Å²) in [6, 6.07) is 4.19. The highest BCUT2D eigenvalue weighted by molar-refractivity contribution is 5.50. The van der Waals surface area contributed by atoms with Crippen LogP contribution < -0.4 is 14.6 Å². The number of anilines is 2. The number of benzene rings is 1. The molecule has 3 aromatic rings. The van der Waals surface area contributed by atoms with Crippen LogP contribution in [-0.2, 0) is 32.5 Å². The Labute approximate surface area is 219 Å². The Morgan fingerprint density at radius 1 is 0.872 bits per heavy atom. The van der Waals surface area contributed by atoms with Gasteiger partial charge in [0.25, 0.3) is 0 Å². The smallest absolute Gasteiger partial charge is 0.356 e. The fourth-order valence-corrected chi connectivity index (χ4v) is 4.49. The predicted molar refractivity (Wildman–Crippen MR) is 126 cm³/mol. The normalized spacial score (nSPS) is 16.0. The van der Waals surface area contributed by atoms with E-state index in [0.717, 1.165) is 25.7 Å². The van der Waals surface area contributed by atoms with E-state index in [9.17, 15) is 30.7 Å². The van der Waals surface area contributed by atoms with Gasteiger partial charge in [0.05, 0.1) is 22.8 Å². The molecule has 1 aromatic carbocycles. The molecule has 0 atom stereocenters. The number of aromatic nitrogens is 5. The van der Waals surface area contributed by atoms with E-state index in [4.69, 9.17) is 0 Å². The van der Waals surface area contributed by atoms with Gasteiger partial charge < -0.3 is 9.80 Å². The molecule has 2 saturated carbocycles. The number of tetrazole rings is 1. The van der Waals surface area contributed by atoms with Crippen molar-refractivity contribution in [2.45, 2.75) is 51.1 Å². The Hall–Kier alpha value is -3.45. The summed E-state index contributed by atoms with van der Waals surface area (Å²) in [5.74, 6) is 0.758. The van der Waals surface area contributed by atoms with Crippen LogP contribution in [0.25, 0.3) is 0 Å². The summed E-state index contributed by atoms with van der Waals surface area (Å²) in [6.45, 7) is 1.02. The lowest BCUT2D eigenvalue weighted by Gasteiger charge is -2.28. The molecule has 0 spiro atoms. The zero-order chi connectivity index (χ0) is 27.9. The minimum Gasteiger partial charge on any atom is -0.356 e. The molecule has 5 rings (SSSR count). The van der Waals surface area contributed by atoms with E-state index in [2.05, 4.69) is 25.3 Å². The number of hydrogen-bond acceptors (Lipinski definition) is 5. The summed E-state index contributed by atoms with van der Waals surface area (Å²) in [5.41, 5.74) is -2.48. The van der Waals surface area contributed by atoms with Crippen molar-refractivity contribution in [1.82, 2.24) is 20.4 Å². The van der Waals surface area contributed by atoms with Crippen molar-refractivity contribution >= 4 is 11.8 Å². The van der Waals surface area contributed by atoms with Crippen LogP contribution in [0.15, 0.2) is 30.3 Å². The summed E-state index contributed by atoms with van der Waals surface area (Å²) < 4.78 is 95.2. The number of halogens is 7. The van der Waals surface area contributed by atoms with Crippen LogP contribution in [0.2, 0.25) is 0 Å². The Bertz CT molecular complexity index is 1270. The van der Waals surface area contributed by atoms with Crippen molar-refractivity contribution in [1.29, 1.82) is 0 Å². The second-order valence-electron chi connectivity index (χ2n) is 10.3. The molecule has 2 aliphatic carbocycles. The van der Waals surface area contributed by atoms with Gasteiger partial charge in [-0.1, -0.05) is 4.80 Å². The maximum absolute atomic E-state index is 14.3. The molecular formula is C25H27F7N7+. The molecular weight excluding hydrogens is 531 g/mol. The molecule has 0 aliphatic heterocycles. The first kappa shape index (κ1) is 27.1. The van der Waals surface area contributed by atoms with Crippen LogP contribution in [0.3, 0.4) is 0 Å². The highest BCUT2D eigenvalue weighted by Gasteiger charge is 2.37. The van der Waals surface area contributed by atoms with Crippen LogP contribution in [0.4, 0.5) is 42.5 Å². The number of nitrogens with one attached hydrogen (secondary N) is 1. The lowest BCUT2D eigenvalue weighted by molar-refractivity contribution is -0.783. The molecule has 2 heterocycles. The molecule has 2 aromatic heterocycles. The molecule has 0 unspecified atom stereocenters. The summed E-state index contributed by atoms with van der Waals surface area (Å²) in [5, 5.41) is 10.8. The van der Waals surface area contributed by atoms with E-state index in [-0.39, 0.29) is 30.7 Å². The number of aromatic amines is 1. The molecule has 0 amide bonds. The largest absolute Gasteiger partial charge is 0.416 e. The van der Waals surface area contributed by atoms with Crippen LogP contribution in [0.5, 0.6) is 0 Å². The zero-order valence-electron chi connectivity index (χ0n) is 21.0. The summed E-state index contributed by atoms with van der Waals surface area (Å²) >= 11 is 0. The molecule has 39 heavy (non-hydrogen) atoms. The molecule has 0 radical (unpaired) electrons. The number of rotatable bonds is 10. The molecule has 7 nitrogen and oxygen atoms in total. The van der Waals surface area contributed by atoms with Gasteiger partial charge in [-0.15, -0.1) is 0 Å². The monoisotopic (exact) mass is 558 g/mol. The third-order valence-corrected chi connectivity index (χ3v) is 6.77. The highest BCUT2D eigenvalue weighted by atomic mass is 19.4. The first-order valence-corrected chi connectivity index (χ1v) is 12.6. The highest BCUT2D eigenvalue weighted by Crippen LogP contribution is 2.38. The van der Waals surface area contributed by atoms with Gasteiger partial charge in [0.1, 0.15) is 12.9 Å². The standard InChI is InChI=1S/C25H26F7N7/c1-37-35-23(34-36-37)39(13-17-8-19(24(27,28)29)10-20(9-17)25(30,31)32)14-18-6-7-21(26)33-22(18)38(11-15-2-3-15)12-16-4-5-16/h6-10,15-16H,2-5,11-14H2,1H3/p+1. The Kier molecular flexibility index (Phi) is 7.14. The van der Waals surface area contributed by atoms with Gasteiger partial charge in [0, 0.05) is 30.3 Å². The SMILES string of the molecule is C[n+]1nc(N(Cc2cc(C(F)(F)F)cc(C(F)(F)F)c2)Cc2ccc(F)nc2N(CC2CC2)CC2CC2)n[nH]1. The minimum absolute atomic E-state index is 0.0239. The van der Waals surface area contributed by atoms with Gasteiger partial charge in [-0.2, -0.15) is 30.7 Å². The van der Waals surface area contributed by atoms with Crippen molar-refractivity contribution in [3.05, 3.63) is 58.5 Å². The van der Waals surface area contributed by atoms with Crippen LogP contribution in [0, 0.1) is 17.8 Å². The number of aryl methyl sites for hydroxylation is 1. The van der Waals surface area contributed by atoms with Crippen LogP contribution >= 0.6 is 0 Å². The molecule has 210 valence electrons. The molecule has 0 saturated heterocycles. The summed E-state index contributed by atoms with van der Waals surface area (Å²) in [7, 11) is 1.54. The van der Waals surface area contributed by atoms with E-state index >= 15 is 0 Å². The van der Waals surface area contributed by atoms with Gasteiger partial charge >= 0.3 is 18.3 Å². The summed E-state index contributed by atoms with van der Waals surface area (Å²) in [6.07, 6.45) is -5.66. The topological polar surface area (TPSA) is 64.8 Å². The van der Waals surface area contributed by atoms with Gasteiger partial charge in [0.2, 0.25) is 5.95 Å². The Morgan fingerprint density at radius 2 is 1.46 bits per heavy atom. The molecule has 14 heteroatoms. The van der Waals surface area contributed by atoms with E-state index < -0.39 is 29.4 Å². The van der Waals surface area contributed by atoms with Crippen LogP contribution in [0.1, 0.15) is 47.9 Å². The van der Waals surface area contributed by atoms with E-state index in [1.807, 2.05) is 0 Å². The van der Waals surface area contributed by atoms with Crippen molar-refractivity contribution in [2.24, 2.45) is 18.9 Å². The average Bonchev–Trinajstić information content (AvgIpc) is 3.79. The first-order chi connectivity index (χ1) is 18.3. The number of alkyl halides is 6. The third-order valence-electron chi connectivity index (χ3n) is 6.77. The predicted octanol–water partition coefficient (Wildman–Crippen LogP) is 5.03. The van der Waals surface area contributed by atoms with Gasteiger partial charge in [-0.3, -0.25) is 0 Å². The quantitative estimate of drug-likeness (QED) is 0.215. The second kappa shape index (κ2) is 10.3. The number of hydrogen-bond donors (Lipinski definition) is 1. The first-order valence-electron chi connectivity index (χ1n) is 12.6. The molecule has 2 fully saturated rings. The zero-order valence-corrected chi connectivity index (χ0v) is 21.0. The van der Waals surface area contributed by atoms with Gasteiger partial charge in [0.15, 0.2) is 0 Å². The third kappa shape index (κ3) is 6.95. The maximum Gasteiger partial charge on any atom is 0.416 e. The van der Waals surface area contributed by atoms with E-state index in [1.165, 1.54) is 21.8 Å². The van der Waals surface area contributed by atoms with Crippen molar-refractivity contribution in [3.63, 3.8) is 0 Å². The maximum atomic E-state index is 14.3.